The Morgan fingerprint density at radius 3 is 2.80 bits per heavy atom. The molecule has 1 N–H and O–H groups in total. The van der Waals surface area contributed by atoms with Gasteiger partial charge in [-0.1, -0.05) is 43.5 Å². The summed E-state index contributed by atoms with van der Waals surface area (Å²) in [5, 5.41) is 10.4. The van der Waals surface area contributed by atoms with E-state index in [0.717, 1.165) is 34.9 Å². The lowest BCUT2D eigenvalue weighted by molar-refractivity contribution is 0.186. The van der Waals surface area contributed by atoms with E-state index in [-0.39, 0.29) is 6.10 Å². The van der Waals surface area contributed by atoms with Crippen molar-refractivity contribution in [3.8, 4) is 0 Å². The molecule has 0 radical (unpaired) electrons. The van der Waals surface area contributed by atoms with Crippen LogP contribution in [0.5, 0.6) is 0 Å². The number of hydrogen-bond donors (Lipinski definition) is 1. The van der Waals surface area contributed by atoms with Crippen LogP contribution in [0.1, 0.15) is 26.2 Å². The maximum Gasteiger partial charge on any atom is 0.0634 e. The zero-order chi connectivity index (χ0) is 11.1. The average Bonchev–Trinajstić information content (AvgIpc) is 2.25. The molecule has 0 spiro atoms. The first-order valence-corrected chi connectivity index (χ1v) is 6.65. The number of aliphatic hydroxyl groups excluding tert-OH is 1. The van der Waals surface area contributed by atoms with Gasteiger partial charge in [0.2, 0.25) is 0 Å². The molecule has 0 aliphatic heterocycles. The van der Waals surface area contributed by atoms with Crippen LogP contribution in [0.2, 0.25) is 5.02 Å². The molecule has 3 heteroatoms. The lowest BCUT2D eigenvalue weighted by atomic mass is 10.2. The minimum absolute atomic E-state index is 0.216. The Labute approximate surface area is 101 Å². The van der Waals surface area contributed by atoms with Crippen LogP contribution in [-0.4, -0.2) is 17.0 Å². The van der Waals surface area contributed by atoms with Gasteiger partial charge in [-0.15, -0.1) is 11.8 Å². The molecule has 1 rings (SSSR count). The highest BCUT2D eigenvalue weighted by Crippen LogP contribution is 2.27. The number of benzene rings is 1. The lowest BCUT2D eigenvalue weighted by Crippen LogP contribution is -2.09. The molecule has 0 aliphatic carbocycles. The van der Waals surface area contributed by atoms with Crippen molar-refractivity contribution in [3.05, 3.63) is 29.3 Å². The van der Waals surface area contributed by atoms with E-state index in [1.807, 2.05) is 24.3 Å². The van der Waals surface area contributed by atoms with Crippen molar-refractivity contribution in [3.63, 3.8) is 0 Å². The van der Waals surface area contributed by atoms with Gasteiger partial charge < -0.3 is 5.11 Å². The summed E-state index contributed by atoms with van der Waals surface area (Å²) in [6.45, 7) is 2.13. The highest BCUT2D eigenvalue weighted by Gasteiger charge is 2.06. The van der Waals surface area contributed by atoms with Crippen LogP contribution in [0.3, 0.4) is 0 Å². The summed E-state index contributed by atoms with van der Waals surface area (Å²) in [5.74, 6) is 0.726. The smallest absolute Gasteiger partial charge is 0.0634 e. The van der Waals surface area contributed by atoms with Gasteiger partial charge in [-0.3, -0.25) is 0 Å². The predicted octanol–water partition coefficient (Wildman–Crippen LogP) is 3.98. The van der Waals surface area contributed by atoms with E-state index < -0.39 is 0 Å². The van der Waals surface area contributed by atoms with Crippen LogP contribution in [0.15, 0.2) is 29.2 Å². The third kappa shape index (κ3) is 4.92. The first-order chi connectivity index (χ1) is 7.24. The molecule has 1 unspecified atom stereocenters. The maximum absolute atomic E-state index is 9.67. The van der Waals surface area contributed by atoms with E-state index in [4.69, 9.17) is 11.6 Å². The minimum atomic E-state index is -0.216. The monoisotopic (exact) mass is 244 g/mol. The molecule has 15 heavy (non-hydrogen) atoms. The number of hydrogen-bond acceptors (Lipinski definition) is 2. The Morgan fingerprint density at radius 2 is 2.13 bits per heavy atom. The second-order valence-electron chi connectivity index (χ2n) is 3.54. The van der Waals surface area contributed by atoms with Gasteiger partial charge in [0.05, 0.1) is 11.1 Å². The molecule has 1 atom stereocenters. The van der Waals surface area contributed by atoms with Gasteiger partial charge in [0.15, 0.2) is 0 Å². The van der Waals surface area contributed by atoms with Gasteiger partial charge in [0.25, 0.3) is 0 Å². The molecular weight excluding hydrogens is 228 g/mol. The molecule has 0 aliphatic rings. The Bertz CT molecular complexity index is 291. The number of thioether (sulfide) groups is 1. The van der Waals surface area contributed by atoms with E-state index >= 15 is 0 Å². The largest absolute Gasteiger partial charge is 0.392 e. The molecule has 1 aromatic carbocycles. The van der Waals surface area contributed by atoms with Crippen molar-refractivity contribution in [2.75, 3.05) is 5.75 Å². The average molecular weight is 245 g/mol. The Kier molecular flexibility index (Phi) is 6.15. The van der Waals surface area contributed by atoms with E-state index in [0.29, 0.717) is 0 Å². The third-order valence-corrected chi connectivity index (χ3v) is 3.82. The van der Waals surface area contributed by atoms with Gasteiger partial charge in [-0.05, 0) is 18.6 Å². The fourth-order valence-corrected chi connectivity index (χ4v) is 2.49. The van der Waals surface area contributed by atoms with Crippen LogP contribution < -0.4 is 0 Å². The minimum Gasteiger partial charge on any atom is -0.392 e. The second kappa shape index (κ2) is 7.15. The molecular formula is C12H17ClOS. The topological polar surface area (TPSA) is 20.2 Å². The summed E-state index contributed by atoms with van der Waals surface area (Å²) < 4.78 is 0. The Hall–Kier alpha value is -0.180. The summed E-state index contributed by atoms with van der Waals surface area (Å²) in [4.78, 5) is 1.05. The molecule has 0 aromatic heterocycles. The van der Waals surface area contributed by atoms with Crippen LogP contribution in [0.25, 0.3) is 0 Å². The van der Waals surface area contributed by atoms with E-state index in [9.17, 15) is 5.11 Å². The molecule has 0 amide bonds. The molecule has 0 saturated carbocycles. The summed E-state index contributed by atoms with van der Waals surface area (Å²) in [7, 11) is 0. The highest BCUT2D eigenvalue weighted by atomic mass is 35.5. The first kappa shape index (κ1) is 12.9. The SMILES string of the molecule is CCCCC(O)CSc1ccccc1Cl. The summed E-state index contributed by atoms with van der Waals surface area (Å²) in [5.41, 5.74) is 0. The van der Waals surface area contributed by atoms with Crippen molar-refractivity contribution in [1.29, 1.82) is 0 Å². The van der Waals surface area contributed by atoms with Crippen molar-refractivity contribution in [2.24, 2.45) is 0 Å². The standard InChI is InChI=1S/C12H17ClOS/c1-2-3-6-10(14)9-15-12-8-5-4-7-11(12)13/h4-5,7-8,10,14H,2-3,6,9H2,1H3. The van der Waals surface area contributed by atoms with Gasteiger partial charge >= 0.3 is 0 Å². The number of rotatable bonds is 6. The van der Waals surface area contributed by atoms with Gasteiger partial charge in [0, 0.05) is 10.6 Å². The highest BCUT2D eigenvalue weighted by molar-refractivity contribution is 7.99. The summed E-state index contributed by atoms with van der Waals surface area (Å²) in [6.07, 6.45) is 2.89. The summed E-state index contributed by atoms with van der Waals surface area (Å²) in [6, 6.07) is 7.74. The van der Waals surface area contributed by atoms with E-state index in [1.165, 1.54) is 0 Å². The molecule has 1 aromatic rings. The van der Waals surface area contributed by atoms with Crippen molar-refractivity contribution in [2.45, 2.75) is 37.2 Å². The fourth-order valence-electron chi connectivity index (χ4n) is 1.27. The maximum atomic E-state index is 9.67. The number of aliphatic hydroxyl groups is 1. The van der Waals surface area contributed by atoms with E-state index in [2.05, 4.69) is 6.92 Å². The quantitative estimate of drug-likeness (QED) is 0.764. The van der Waals surface area contributed by atoms with Crippen molar-refractivity contribution in [1.82, 2.24) is 0 Å². The van der Waals surface area contributed by atoms with Crippen LogP contribution in [0, 0.1) is 0 Å². The Balaban J connectivity index is 2.33. The first-order valence-electron chi connectivity index (χ1n) is 5.29. The zero-order valence-electron chi connectivity index (χ0n) is 8.95. The van der Waals surface area contributed by atoms with Crippen LogP contribution in [-0.2, 0) is 0 Å². The molecule has 84 valence electrons. The van der Waals surface area contributed by atoms with Crippen LogP contribution in [0.4, 0.5) is 0 Å². The van der Waals surface area contributed by atoms with Gasteiger partial charge in [-0.2, -0.15) is 0 Å². The number of unbranched alkanes of at least 4 members (excludes halogenated alkanes) is 1. The third-order valence-electron chi connectivity index (χ3n) is 2.16. The predicted molar refractivity (Wildman–Crippen MR) is 67.7 cm³/mol. The molecule has 0 bridgehead atoms. The lowest BCUT2D eigenvalue weighted by Gasteiger charge is -2.09. The van der Waals surface area contributed by atoms with E-state index in [1.54, 1.807) is 11.8 Å². The normalized spacial score (nSPS) is 12.7. The number of halogens is 1. The van der Waals surface area contributed by atoms with Gasteiger partial charge in [0.1, 0.15) is 0 Å². The molecule has 0 heterocycles. The Morgan fingerprint density at radius 1 is 1.40 bits per heavy atom. The second-order valence-corrected chi connectivity index (χ2v) is 5.01. The van der Waals surface area contributed by atoms with Gasteiger partial charge in [-0.25, -0.2) is 0 Å². The van der Waals surface area contributed by atoms with Crippen molar-refractivity contribution < 1.29 is 5.11 Å². The summed E-state index contributed by atoms with van der Waals surface area (Å²) >= 11 is 7.63. The molecule has 0 fully saturated rings. The van der Waals surface area contributed by atoms with Crippen molar-refractivity contribution >= 4 is 23.4 Å². The molecule has 1 nitrogen and oxygen atoms in total. The zero-order valence-corrected chi connectivity index (χ0v) is 10.5. The fraction of sp³-hybridized carbons (Fsp3) is 0.500. The molecule has 0 saturated heterocycles. The van der Waals surface area contributed by atoms with Crippen LogP contribution >= 0.6 is 23.4 Å².